The van der Waals surface area contributed by atoms with Crippen LogP contribution in [-0.4, -0.2) is 12.6 Å². The van der Waals surface area contributed by atoms with Gasteiger partial charge in [-0.25, -0.2) is 0 Å². The van der Waals surface area contributed by atoms with Crippen molar-refractivity contribution in [3.05, 3.63) is 47.0 Å². The second-order valence-electron chi connectivity index (χ2n) is 6.91. The third-order valence-electron chi connectivity index (χ3n) is 4.93. The van der Waals surface area contributed by atoms with Crippen LogP contribution in [0, 0.1) is 5.92 Å². The summed E-state index contributed by atoms with van der Waals surface area (Å²) in [6.45, 7) is 9.90. The summed E-state index contributed by atoms with van der Waals surface area (Å²) in [4.78, 5) is 0. The molecule has 0 amide bonds. The van der Waals surface area contributed by atoms with Crippen molar-refractivity contribution in [1.82, 2.24) is 5.32 Å². The molecule has 1 fully saturated rings. The molecule has 1 N–H and O–H groups in total. The highest BCUT2D eigenvalue weighted by molar-refractivity contribution is 6.30. The number of nitrogens with one attached hydrogen (secondary N) is 1. The summed E-state index contributed by atoms with van der Waals surface area (Å²) in [5, 5.41) is 4.56. The molecule has 22 heavy (non-hydrogen) atoms. The number of halogens is 1. The van der Waals surface area contributed by atoms with Gasteiger partial charge in [0.05, 0.1) is 0 Å². The van der Waals surface area contributed by atoms with E-state index in [0.29, 0.717) is 11.8 Å². The van der Waals surface area contributed by atoms with E-state index >= 15 is 0 Å². The zero-order valence-corrected chi connectivity index (χ0v) is 14.8. The maximum Gasteiger partial charge on any atom is 0.0406 e. The third-order valence-corrected chi connectivity index (χ3v) is 5.18. The van der Waals surface area contributed by atoms with Gasteiger partial charge in [0.2, 0.25) is 0 Å². The largest absolute Gasteiger partial charge is 0.314 e. The topological polar surface area (TPSA) is 12.0 Å². The molecule has 0 heterocycles. The second-order valence-corrected chi connectivity index (χ2v) is 7.35. The van der Waals surface area contributed by atoms with Crippen LogP contribution in [0.15, 0.2) is 36.4 Å². The lowest BCUT2D eigenvalue weighted by Gasteiger charge is -2.26. The number of rotatable bonds is 7. The lowest BCUT2D eigenvalue weighted by atomic mass is 9.83. The van der Waals surface area contributed by atoms with Gasteiger partial charge in [0, 0.05) is 17.0 Å². The van der Waals surface area contributed by atoms with E-state index in [9.17, 15) is 0 Å². The molecule has 0 aromatic heterocycles. The quantitative estimate of drug-likeness (QED) is 0.612. The van der Waals surface area contributed by atoms with Crippen molar-refractivity contribution >= 4 is 11.6 Å². The highest BCUT2D eigenvalue weighted by atomic mass is 35.5. The Morgan fingerprint density at radius 1 is 1.18 bits per heavy atom. The summed E-state index contributed by atoms with van der Waals surface area (Å²) >= 11 is 6.03. The molecule has 1 atom stereocenters. The van der Waals surface area contributed by atoms with Crippen LogP contribution in [0.4, 0.5) is 0 Å². The molecule has 1 aliphatic rings. The Morgan fingerprint density at radius 2 is 1.82 bits per heavy atom. The molecule has 0 unspecified atom stereocenters. The molecule has 0 spiro atoms. The van der Waals surface area contributed by atoms with Crippen molar-refractivity contribution in [1.29, 1.82) is 0 Å². The van der Waals surface area contributed by atoms with Crippen molar-refractivity contribution in [2.45, 2.75) is 64.3 Å². The molecule has 1 aromatic rings. The van der Waals surface area contributed by atoms with Crippen molar-refractivity contribution < 1.29 is 0 Å². The molecule has 1 nitrogen and oxygen atoms in total. The average molecular weight is 320 g/mol. The summed E-state index contributed by atoms with van der Waals surface area (Å²) in [6.07, 6.45) is 7.99. The average Bonchev–Trinajstić information content (AvgIpc) is 2.53. The standard InChI is InChI=1S/C20H30ClN/c1-15(2)16(3)20(17-9-11-18(21)12-10-17)13-14-22-19-7-5-4-6-8-19/h9-12,15,19-20,22H,3-8,13-14H2,1-2H3/t20-/m0/s1. The molecule has 2 heteroatoms. The van der Waals surface area contributed by atoms with Gasteiger partial charge in [0.25, 0.3) is 0 Å². The predicted molar refractivity (Wildman–Crippen MR) is 97.7 cm³/mol. The van der Waals surface area contributed by atoms with Crippen LogP contribution >= 0.6 is 11.6 Å². The van der Waals surface area contributed by atoms with Crippen LogP contribution in [0.25, 0.3) is 0 Å². The van der Waals surface area contributed by atoms with Gasteiger partial charge in [-0.1, -0.05) is 69.0 Å². The zero-order chi connectivity index (χ0) is 15.9. The molecule has 1 aromatic carbocycles. The van der Waals surface area contributed by atoms with Gasteiger partial charge in [-0.3, -0.25) is 0 Å². The van der Waals surface area contributed by atoms with Gasteiger partial charge in [-0.2, -0.15) is 0 Å². The van der Waals surface area contributed by atoms with Gasteiger partial charge in [0.15, 0.2) is 0 Å². The molecule has 0 radical (unpaired) electrons. The second kappa shape index (κ2) is 8.74. The van der Waals surface area contributed by atoms with E-state index in [1.165, 1.54) is 43.2 Å². The molecule has 122 valence electrons. The van der Waals surface area contributed by atoms with Crippen LogP contribution in [0.1, 0.15) is 63.9 Å². The van der Waals surface area contributed by atoms with Crippen molar-refractivity contribution in [2.75, 3.05) is 6.54 Å². The smallest absolute Gasteiger partial charge is 0.0406 e. The van der Waals surface area contributed by atoms with Crippen molar-refractivity contribution in [2.24, 2.45) is 5.92 Å². The first kappa shape index (κ1) is 17.6. The summed E-state index contributed by atoms with van der Waals surface area (Å²) in [7, 11) is 0. The first-order valence-electron chi connectivity index (χ1n) is 8.75. The lowest BCUT2D eigenvalue weighted by Crippen LogP contribution is -2.32. The first-order chi connectivity index (χ1) is 10.6. The van der Waals surface area contributed by atoms with Crippen LogP contribution in [0.3, 0.4) is 0 Å². The molecule has 0 saturated heterocycles. The minimum atomic E-state index is 0.424. The molecule has 1 aliphatic carbocycles. The molecule has 2 rings (SSSR count). The Labute approximate surface area is 141 Å². The van der Waals surface area contributed by atoms with Crippen molar-refractivity contribution in [3.63, 3.8) is 0 Å². The van der Waals surface area contributed by atoms with Gasteiger partial charge >= 0.3 is 0 Å². The van der Waals surface area contributed by atoms with Crippen LogP contribution < -0.4 is 5.32 Å². The number of benzene rings is 1. The van der Waals surface area contributed by atoms with E-state index in [1.54, 1.807) is 0 Å². The Hall–Kier alpha value is -0.790. The normalized spacial score (nSPS) is 17.6. The Morgan fingerprint density at radius 3 is 2.41 bits per heavy atom. The van der Waals surface area contributed by atoms with E-state index < -0.39 is 0 Å². The highest BCUT2D eigenvalue weighted by Gasteiger charge is 2.19. The van der Waals surface area contributed by atoms with E-state index in [2.05, 4.69) is 37.9 Å². The predicted octanol–water partition coefficient (Wildman–Crippen LogP) is 5.95. The summed E-state index contributed by atoms with van der Waals surface area (Å²) < 4.78 is 0. The monoisotopic (exact) mass is 319 g/mol. The minimum Gasteiger partial charge on any atom is -0.314 e. The van der Waals surface area contributed by atoms with Gasteiger partial charge in [-0.05, 0) is 49.4 Å². The van der Waals surface area contributed by atoms with Crippen molar-refractivity contribution in [3.8, 4) is 0 Å². The minimum absolute atomic E-state index is 0.424. The number of hydrogen-bond donors (Lipinski definition) is 1. The molecule has 0 aliphatic heterocycles. The Bertz CT molecular complexity index is 457. The van der Waals surface area contributed by atoms with Gasteiger partial charge < -0.3 is 5.32 Å². The third kappa shape index (κ3) is 5.14. The summed E-state index contributed by atoms with van der Waals surface area (Å²) in [6, 6.07) is 9.02. The number of hydrogen-bond acceptors (Lipinski definition) is 1. The zero-order valence-electron chi connectivity index (χ0n) is 14.1. The van der Waals surface area contributed by atoms with Crippen LogP contribution in [0.5, 0.6) is 0 Å². The van der Waals surface area contributed by atoms with E-state index in [-0.39, 0.29) is 0 Å². The maximum atomic E-state index is 6.03. The molecule has 1 saturated carbocycles. The highest BCUT2D eigenvalue weighted by Crippen LogP contribution is 2.32. The first-order valence-corrected chi connectivity index (χ1v) is 9.13. The van der Waals surface area contributed by atoms with Crippen LogP contribution in [0.2, 0.25) is 5.02 Å². The summed E-state index contributed by atoms with van der Waals surface area (Å²) in [5.41, 5.74) is 2.67. The van der Waals surface area contributed by atoms with E-state index in [0.717, 1.165) is 24.0 Å². The molecular formula is C20H30ClN. The van der Waals surface area contributed by atoms with Gasteiger partial charge in [-0.15, -0.1) is 0 Å². The molecule has 0 bridgehead atoms. The van der Waals surface area contributed by atoms with Gasteiger partial charge in [0.1, 0.15) is 0 Å². The summed E-state index contributed by atoms with van der Waals surface area (Å²) in [5.74, 6) is 0.934. The molecular weight excluding hydrogens is 290 g/mol. The lowest BCUT2D eigenvalue weighted by molar-refractivity contribution is 0.368. The van der Waals surface area contributed by atoms with Crippen LogP contribution in [-0.2, 0) is 0 Å². The van der Waals surface area contributed by atoms with E-state index in [1.807, 2.05) is 12.1 Å². The fraction of sp³-hybridized carbons (Fsp3) is 0.600. The van der Waals surface area contributed by atoms with E-state index in [4.69, 9.17) is 11.6 Å². The fourth-order valence-electron chi connectivity index (χ4n) is 3.40. The number of allylic oxidation sites excluding steroid dienone is 1. The fourth-order valence-corrected chi connectivity index (χ4v) is 3.53. The maximum absolute atomic E-state index is 6.03. The SMILES string of the molecule is C=C(C(C)C)[C@H](CCNC1CCCCC1)c1ccc(Cl)cc1. The Kier molecular flexibility index (Phi) is 6.98. The Balaban J connectivity index is 1.95.